The lowest BCUT2D eigenvalue weighted by atomic mass is 10.0. The second-order valence-electron chi connectivity index (χ2n) is 7.15. The molecule has 2 amide bonds. The number of amides is 2. The van der Waals surface area contributed by atoms with Gasteiger partial charge >= 0.3 is 0 Å². The minimum absolute atomic E-state index is 0.162. The number of benzene rings is 2. The molecule has 0 aliphatic carbocycles. The van der Waals surface area contributed by atoms with Gasteiger partial charge in [0.05, 0.1) is 6.10 Å². The van der Waals surface area contributed by atoms with E-state index in [0.29, 0.717) is 31.1 Å². The second kappa shape index (κ2) is 11.6. The Bertz CT molecular complexity index is 778. The highest BCUT2D eigenvalue weighted by Crippen LogP contribution is 2.24. The third-order valence-electron chi connectivity index (χ3n) is 4.42. The molecule has 156 valence electrons. The van der Waals surface area contributed by atoms with Crippen molar-refractivity contribution in [2.45, 2.75) is 45.9 Å². The first kappa shape index (κ1) is 22.9. The number of hydrogen-bond acceptors (Lipinski definition) is 3. The van der Waals surface area contributed by atoms with Crippen LogP contribution in [0.15, 0.2) is 54.6 Å². The Labute approximate surface area is 178 Å². The van der Waals surface area contributed by atoms with Gasteiger partial charge in [0.2, 0.25) is 11.8 Å². The van der Waals surface area contributed by atoms with E-state index in [1.165, 1.54) is 6.92 Å². The summed E-state index contributed by atoms with van der Waals surface area (Å²) in [5, 5.41) is 3.58. The summed E-state index contributed by atoms with van der Waals surface area (Å²) < 4.78 is 5.52. The van der Waals surface area contributed by atoms with Crippen molar-refractivity contribution < 1.29 is 14.3 Å². The standard InChI is InChI=1S/C23H29ClN2O3/c1-17(2)29-15-7-14-25-23(28)22(20-8-5-4-6-9-20)26(18(3)27)16-19-10-12-21(24)13-11-19/h4-6,8-13,17,22H,7,14-16H2,1-3H3,(H,25,28)/t22-/m1/s1. The van der Waals surface area contributed by atoms with E-state index in [1.807, 2.05) is 56.3 Å². The fourth-order valence-corrected chi connectivity index (χ4v) is 3.10. The summed E-state index contributed by atoms with van der Waals surface area (Å²) in [6.45, 7) is 6.82. The number of nitrogens with zero attached hydrogens (tertiary/aromatic N) is 1. The van der Waals surface area contributed by atoms with E-state index in [9.17, 15) is 9.59 Å². The zero-order chi connectivity index (χ0) is 21.2. The summed E-state index contributed by atoms with van der Waals surface area (Å²) in [5.41, 5.74) is 1.68. The summed E-state index contributed by atoms with van der Waals surface area (Å²) in [6.07, 6.45) is 0.873. The Morgan fingerprint density at radius 2 is 1.72 bits per heavy atom. The molecule has 0 saturated heterocycles. The van der Waals surface area contributed by atoms with Crippen LogP contribution in [-0.2, 0) is 20.9 Å². The number of hydrogen-bond donors (Lipinski definition) is 1. The molecule has 0 aliphatic heterocycles. The van der Waals surface area contributed by atoms with Crippen molar-refractivity contribution in [2.75, 3.05) is 13.2 Å². The van der Waals surface area contributed by atoms with Crippen LogP contribution < -0.4 is 5.32 Å². The van der Waals surface area contributed by atoms with Crippen LogP contribution in [0.3, 0.4) is 0 Å². The molecule has 1 N–H and O–H groups in total. The van der Waals surface area contributed by atoms with Gasteiger partial charge in [-0.3, -0.25) is 9.59 Å². The molecule has 2 aromatic rings. The topological polar surface area (TPSA) is 58.6 Å². The van der Waals surface area contributed by atoms with E-state index in [2.05, 4.69) is 5.32 Å². The SMILES string of the molecule is CC(=O)N(Cc1ccc(Cl)cc1)[C@@H](C(=O)NCCCOC(C)C)c1ccccc1. The summed E-state index contributed by atoms with van der Waals surface area (Å²) in [5.74, 6) is -0.378. The number of ether oxygens (including phenoxy) is 1. The number of nitrogens with one attached hydrogen (secondary N) is 1. The van der Waals surface area contributed by atoms with Crippen molar-refractivity contribution in [1.82, 2.24) is 10.2 Å². The molecule has 29 heavy (non-hydrogen) atoms. The molecule has 2 aromatic carbocycles. The summed E-state index contributed by atoms with van der Waals surface area (Å²) in [7, 11) is 0. The van der Waals surface area contributed by atoms with Gasteiger partial charge in [0.15, 0.2) is 0 Å². The van der Waals surface area contributed by atoms with Crippen LogP contribution in [0.25, 0.3) is 0 Å². The third-order valence-corrected chi connectivity index (χ3v) is 4.67. The maximum Gasteiger partial charge on any atom is 0.247 e. The molecular weight excluding hydrogens is 388 g/mol. The first-order valence-electron chi connectivity index (χ1n) is 9.84. The van der Waals surface area contributed by atoms with Gasteiger partial charge in [0.25, 0.3) is 0 Å². The van der Waals surface area contributed by atoms with Crippen molar-refractivity contribution in [3.8, 4) is 0 Å². The minimum Gasteiger partial charge on any atom is -0.379 e. The third kappa shape index (κ3) is 7.52. The molecule has 0 saturated carbocycles. The van der Waals surface area contributed by atoms with E-state index in [4.69, 9.17) is 16.3 Å². The molecule has 6 heteroatoms. The molecule has 0 heterocycles. The van der Waals surface area contributed by atoms with E-state index in [0.717, 1.165) is 11.1 Å². The number of rotatable bonds is 10. The molecule has 5 nitrogen and oxygen atoms in total. The monoisotopic (exact) mass is 416 g/mol. The van der Waals surface area contributed by atoms with Gasteiger partial charge in [0, 0.05) is 31.6 Å². The van der Waals surface area contributed by atoms with Crippen molar-refractivity contribution in [3.63, 3.8) is 0 Å². The van der Waals surface area contributed by atoms with E-state index >= 15 is 0 Å². The lowest BCUT2D eigenvalue weighted by Crippen LogP contribution is -2.43. The molecule has 1 atom stereocenters. The number of halogens is 1. The molecule has 0 unspecified atom stereocenters. The highest BCUT2D eigenvalue weighted by Gasteiger charge is 2.29. The maximum atomic E-state index is 13.1. The Hall–Kier alpha value is -2.37. The molecule has 2 rings (SSSR count). The molecule has 0 fully saturated rings. The first-order valence-corrected chi connectivity index (χ1v) is 10.2. The summed E-state index contributed by atoms with van der Waals surface area (Å²) in [6, 6.07) is 15.9. The van der Waals surface area contributed by atoms with Crippen molar-refractivity contribution >= 4 is 23.4 Å². The highest BCUT2D eigenvalue weighted by molar-refractivity contribution is 6.30. The fraction of sp³-hybridized carbons (Fsp3) is 0.391. The predicted molar refractivity (Wildman–Crippen MR) is 116 cm³/mol. The zero-order valence-electron chi connectivity index (χ0n) is 17.2. The molecular formula is C23H29ClN2O3. The lowest BCUT2D eigenvalue weighted by Gasteiger charge is -2.30. The summed E-state index contributed by atoms with van der Waals surface area (Å²) in [4.78, 5) is 27.1. The molecule has 0 spiro atoms. The second-order valence-corrected chi connectivity index (χ2v) is 7.59. The number of carbonyl (C=O) groups excluding carboxylic acids is 2. The Kier molecular flexibility index (Phi) is 9.16. The van der Waals surface area contributed by atoms with Gasteiger partial charge < -0.3 is 15.0 Å². The van der Waals surface area contributed by atoms with Crippen LogP contribution in [0.1, 0.15) is 44.4 Å². The quantitative estimate of drug-likeness (QED) is 0.585. The maximum absolute atomic E-state index is 13.1. The highest BCUT2D eigenvalue weighted by atomic mass is 35.5. The number of carbonyl (C=O) groups is 2. The minimum atomic E-state index is -0.713. The van der Waals surface area contributed by atoms with E-state index < -0.39 is 6.04 Å². The molecule has 0 aliphatic rings. The van der Waals surface area contributed by atoms with Gasteiger partial charge in [-0.05, 0) is 43.5 Å². The first-order chi connectivity index (χ1) is 13.9. The van der Waals surface area contributed by atoms with Crippen LogP contribution in [-0.4, -0.2) is 36.0 Å². The van der Waals surface area contributed by atoms with Crippen LogP contribution in [0.5, 0.6) is 0 Å². The van der Waals surface area contributed by atoms with E-state index in [1.54, 1.807) is 17.0 Å². The Morgan fingerprint density at radius 1 is 1.07 bits per heavy atom. The Morgan fingerprint density at radius 3 is 2.31 bits per heavy atom. The van der Waals surface area contributed by atoms with Gasteiger partial charge in [-0.2, -0.15) is 0 Å². The van der Waals surface area contributed by atoms with Crippen LogP contribution in [0.4, 0.5) is 0 Å². The van der Waals surface area contributed by atoms with Crippen LogP contribution >= 0.6 is 11.6 Å². The van der Waals surface area contributed by atoms with Crippen molar-refractivity contribution in [3.05, 3.63) is 70.7 Å². The van der Waals surface area contributed by atoms with Gasteiger partial charge in [-0.15, -0.1) is 0 Å². The van der Waals surface area contributed by atoms with Gasteiger partial charge in [-0.25, -0.2) is 0 Å². The normalized spacial score (nSPS) is 11.9. The van der Waals surface area contributed by atoms with Gasteiger partial charge in [-0.1, -0.05) is 54.1 Å². The van der Waals surface area contributed by atoms with E-state index in [-0.39, 0.29) is 17.9 Å². The van der Waals surface area contributed by atoms with Crippen molar-refractivity contribution in [2.24, 2.45) is 0 Å². The average Bonchev–Trinajstić information content (AvgIpc) is 2.69. The van der Waals surface area contributed by atoms with Crippen LogP contribution in [0, 0.1) is 0 Å². The zero-order valence-corrected chi connectivity index (χ0v) is 18.0. The molecule has 0 bridgehead atoms. The summed E-state index contributed by atoms with van der Waals surface area (Å²) >= 11 is 5.97. The largest absolute Gasteiger partial charge is 0.379 e. The van der Waals surface area contributed by atoms with Crippen molar-refractivity contribution in [1.29, 1.82) is 0 Å². The van der Waals surface area contributed by atoms with Crippen LogP contribution in [0.2, 0.25) is 5.02 Å². The predicted octanol–water partition coefficient (Wildman–Crippen LogP) is 4.36. The van der Waals surface area contributed by atoms with Gasteiger partial charge in [0.1, 0.15) is 6.04 Å². The molecule has 0 radical (unpaired) electrons. The fourth-order valence-electron chi connectivity index (χ4n) is 2.98. The Balaban J connectivity index is 2.17. The lowest BCUT2D eigenvalue weighted by molar-refractivity contribution is -0.140. The smallest absolute Gasteiger partial charge is 0.247 e. The molecule has 0 aromatic heterocycles. The average molecular weight is 417 g/mol.